The second-order valence-electron chi connectivity index (χ2n) is 8.03. The molecule has 3 aromatic heterocycles. The number of aromatic nitrogens is 4. The summed E-state index contributed by atoms with van der Waals surface area (Å²) in [6, 6.07) is 1.53. The Bertz CT molecular complexity index is 1230. The Hall–Kier alpha value is -2.30. The van der Waals surface area contributed by atoms with E-state index >= 15 is 0 Å². The summed E-state index contributed by atoms with van der Waals surface area (Å²) in [4.78, 5) is 15.7. The molecular formula is C20H22ClFN6O2S. The largest absolute Gasteiger partial charge is 0.366 e. The zero-order chi connectivity index (χ0) is 21.6. The van der Waals surface area contributed by atoms with Crippen LogP contribution in [0.25, 0.3) is 22.4 Å². The van der Waals surface area contributed by atoms with Gasteiger partial charge in [-0.25, -0.2) is 27.8 Å². The van der Waals surface area contributed by atoms with Gasteiger partial charge in [0.15, 0.2) is 17.5 Å². The molecule has 31 heavy (non-hydrogen) atoms. The van der Waals surface area contributed by atoms with Gasteiger partial charge in [0.1, 0.15) is 5.65 Å². The van der Waals surface area contributed by atoms with Gasteiger partial charge in [-0.1, -0.05) is 18.0 Å². The van der Waals surface area contributed by atoms with E-state index in [2.05, 4.69) is 25.3 Å². The number of halogens is 2. The molecule has 8 nitrogen and oxygen atoms in total. The summed E-state index contributed by atoms with van der Waals surface area (Å²) >= 11 is 6.06. The molecular weight excluding hydrogens is 443 g/mol. The number of anilines is 1. The highest BCUT2D eigenvalue weighted by molar-refractivity contribution is 7.90. The first-order chi connectivity index (χ1) is 14.9. The molecule has 1 atom stereocenters. The summed E-state index contributed by atoms with van der Waals surface area (Å²) in [5.74, 6) is -0.221. The molecule has 2 aliphatic rings. The van der Waals surface area contributed by atoms with E-state index in [1.807, 2.05) is 0 Å². The second kappa shape index (κ2) is 7.99. The minimum Gasteiger partial charge on any atom is -0.366 e. The number of hydrogen-bond acceptors (Lipinski definition) is 6. The molecule has 1 saturated heterocycles. The van der Waals surface area contributed by atoms with E-state index in [1.165, 1.54) is 6.20 Å². The molecule has 1 aliphatic carbocycles. The van der Waals surface area contributed by atoms with Crippen molar-refractivity contribution in [1.82, 2.24) is 24.2 Å². The van der Waals surface area contributed by atoms with Crippen molar-refractivity contribution in [2.24, 2.45) is 0 Å². The minimum absolute atomic E-state index is 0.0451. The van der Waals surface area contributed by atoms with Crippen LogP contribution >= 0.6 is 11.6 Å². The number of piperidine rings is 1. The van der Waals surface area contributed by atoms with Crippen molar-refractivity contribution < 1.29 is 12.8 Å². The number of hydrogen-bond donors (Lipinski definition) is 2. The van der Waals surface area contributed by atoms with Gasteiger partial charge in [-0.05, 0) is 31.7 Å². The quantitative estimate of drug-likeness (QED) is 0.578. The summed E-state index contributed by atoms with van der Waals surface area (Å²) in [7, 11) is -3.28. The molecule has 3 aromatic rings. The number of nitrogens with one attached hydrogen (secondary N) is 2. The SMILES string of the molecule is O=S(=O)(C1CC1)N1CCCC[C@H]1CNc1nc(-c2c[nH]c3ncc(Cl)cc23)ncc1F. The van der Waals surface area contributed by atoms with Crippen molar-refractivity contribution >= 4 is 38.5 Å². The van der Waals surface area contributed by atoms with Crippen LogP contribution in [-0.4, -0.2) is 57.0 Å². The number of fused-ring (bicyclic) bond motifs is 1. The first-order valence-electron chi connectivity index (χ1n) is 10.3. The molecule has 0 spiro atoms. The third-order valence-electron chi connectivity index (χ3n) is 5.83. The maximum atomic E-state index is 14.5. The number of pyridine rings is 1. The molecule has 2 N–H and O–H groups in total. The van der Waals surface area contributed by atoms with Gasteiger partial charge in [0.2, 0.25) is 10.0 Å². The van der Waals surface area contributed by atoms with E-state index in [1.54, 1.807) is 16.6 Å². The summed E-state index contributed by atoms with van der Waals surface area (Å²) < 4.78 is 41.6. The monoisotopic (exact) mass is 464 g/mol. The summed E-state index contributed by atoms with van der Waals surface area (Å²) in [6.45, 7) is 0.812. The zero-order valence-electron chi connectivity index (χ0n) is 16.7. The predicted octanol–water partition coefficient (Wildman–Crippen LogP) is 3.57. The fraction of sp³-hybridized carbons (Fsp3) is 0.450. The number of nitrogens with zero attached hydrogens (tertiary/aromatic N) is 4. The van der Waals surface area contributed by atoms with Gasteiger partial charge < -0.3 is 10.3 Å². The van der Waals surface area contributed by atoms with Gasteiger partial charge in [0, 0.05) is 42.5 Å². The molecule has 0 radical (unpaired) electrons. The Morgan fingerprint density at radius 3 is 2.87 bits per heavy atom. The average Bonchev–Trinajstić information content (AvgIpc) is 3.55. The number of H-pyrrole nitrogens is 1. The molecule has 1 saturated carbocycles. The molecule has 2 fully saturated rings. The molecule has 164 valence electrons. The molecule has 0 unspecified atom stereocenters. The van der Waals surface area contributed by atoms with Gasteiger partial charge in [-0.2, -0.15) is 4.31 Å². The van der Waals surface area contributed by atoms with Crippen LogP contribution in [0.2, 0.25) is 5.02 Å². The van der Waals surface area contributed by atoms with Crippen molar-refractivity contribution in [2.75, 3.05) is 18.4 Å². The standard InChI is InChI=1S/C20H22ClFN6O2S/c21-12-7-15-16(10-25-18(15)23-8-12)19-26-11-17(22)20(27-19)24-9-13-3-1-2-6-28(13)31(29,30)14-4-5-14/h7-8,10-11,13-14H,1-6,9H2,(H,23,25)(H,24,26,27)/t13-/m0/s1. The van der Waals surface area contributed by atoms with E-state index in [-0.39, 0.29) is 17.1 Å². The predicted molar refractivity (Wildman–Crippen MR) is 117 cm³/mol. The highest BCUT2D eigenvalue weighted by Crippen LogP contribution is 2.34. The summed E-state index contributed by atoms with van der Waals surface area (Å²) in [6.07, 6.45) is 8.35. The van der Waals surface area contributed by atoms with E-state index in [0.29, 0.717) is 35.1 Å². The lowest BCUT2D eigenvalue weighted by Crippen LogP contribution is -2.48. The Labute approximate surface area is 184 Å². The smallest absolute Gasteiger partial charge is 0.217 e. The van der Waals surface area contributed by atoms with Crippen molar-refractivity contribution in [1.29, 1.82) is 0 Å². The summed E-state index contributed by atoms with van der Waals surface area (Å²) in [5.41, 5.74) is 1.29. The Balaban J connectivity index is 1.39. The van der Waals surface area contributed by atoms with Crippen molar-refractivity contribution in [3.8, 4) is 11.4 Å². The number of rotatable bonds is 6. The van der Waals surface area contributed by atoms with Crippen LogP contribution < -0.4 is 5.32 Å². The van der Waals surface area contributed by atoms with Crippen LogP contribution in [0.3, 0.4) is 0 Å². The Kier molecular flexibility index (Phi) is 5.31. The lowest BCUT2D eigenvalue weighted by Gasteiger charge is -2.35. The molecule has 0 bridgehead atoms. The van der Waals surface area contributed by atoms with E-state index in [9.17, 15) is 12.8 Å². The molecule has 0 aromatic carbocycles. The number of aromatic amines is 1. The van der Waals surface area contributed by atoms with Crippen molar-refractivity contribution in [3.63, 3.8) is 0 Å². The Morgan fingerprint density at radius 2 is 2.06 bits per heavy atom. The lowest BCUT2D eigenvalue weighted by atomic mass is 10.1. The fourth-order valence-corrected chi connectivity index (χ4v) is 6.32. The van der Waals surface area contributed by atoms with Crippen LogP contribution in [0.1, 0.15) is 32.1 Å². The van der Waals surface area contributed by atoms with Gasteiger partial charge in [-0.15, -0.1) is 0 Å². The second-order valence-corrected chi connectivity index (χ2v) is 10.6. The average molecular weight is 465 g/mol. The maximum absolute atomic E-state index is 14.5. The summed E-state index contributed by atoms with van der Waals surface area (Å²) in [5, 5.41) is 3.98. The van der Waals surface area contributed by atoms with Crippen molar-refractivity contribution in [3.05, 3.63) is 35.5 Å². The normalized spacial score (nSPS) is 20.3. The molecule has 5 rings (SSSR count). The molecule has 1 aliphatic heterocycles. The fourth-order valence-electron chi connectivity index (χ4n) is 4.07. The van der Waals surface area contributed by atoms with Gasteiger partial charge >= 0.3 is 0 Å². The van der Waals surface area contributed by atoms with Crippen LogP contribution in [-0.2, 0) is 10.0 Å². The first-order valence-corrected chi connectivity index (χ1v) is 12.2. The Morgan fingerprint density at radius 1 is 1.23 bits per heavy atom. The van der Waals surface area contributed by atoms with Crippen LogP contribution in [0.15, 0.2) is 24.7 Å². The zero-order valence-corrected chi connectivity index (χ0v) is 18.3. The molecule has 11 heteroatoms. The van der Waals surface area contributed by atoms with Crippen molar-refractivity contribution in [2.45, 2.75) is 43.4 Å². The topological polar surface area (TPSA) is 104 Å². The molecule has 4 heterocycles. The lowest BCUT2D eigenvalue weighted by molar-refractivity contribution is 0.261. The van der Waals surface area contributed by atoms with Crippen LogP contribution in [0, 0.1) is 5.82 Å². The highest BCUT2D eigenvalue weighted by atomic mass is 35.5. The van der Waals surface area contributed by atoms with Gasteiger partial charge in [-0.3, -0.25) is 0 Å². The van der Waals surface area contributed by atoms with Gasteiger partial charge in [0.05, 0.1) is 16.5 Å². The third kappa shape index (κ3) is 3.99. The minimum atomic E-state index is -3.28. The van der Waals surface area contributed by atoms with Crippen LogP contribution in [0.5, 0.6) is 0 Å². The highest BCUT2D eigenvalue weighted by Gasteiger charge is 2.43. The third-order valence-corrected chi connectivity index (χ3v) is 8.49. The van der Waals surface area contributed by atoms with E-state index < -0.39 is 15.8 Å². The number of sulfonamides is 1. The molecule has 0 amide bonds. The van der Waals surface area contributed by atoms with E-state index in [0.717, 1.165) is 43.7 Å². The first kappa shape index (κ1) is 20.6. The van der Waals surface area contributed by atoms with Gasteiger partial charge in [0.25, 0.3) is 0 Å². The van der Waals surface area contributed by atoms with Crippen LogP contribution in [0.4, 0.5) is 10.2 Å². The van der Waals surface area contributed by atoms with E-state index in [4.69, 9.17) is 11.6 Å². The maximum Gasteiger partial charge on any atom is 0.217 e.